The summed E-state index contributed by atoms with van der Waals surface area (Å²) in [6, 6.07) is 0. The summed E-state index contributed by atoms with van der Waals surface area (Å²) in [5, 5.41) is 0. The van der Waals surface area contributed by atoms with Gasteiger partial charge in [-0.15, -0.1) is 0 Å². The van der Waals surface area contributed by atoms with Gasteiger partial charge in [-0.1, -0.05) is 6.92 Å². The van der Waals surface area contributed by atoms with Gasteiger partial charge in [-0.05, 0) is 13.3 Å². The van der Waals surface area contributed by atoms with Crippen LogP contribution in [-0.2, 0) is 9.09 Å². The van der Waals surface area contributed by atoms with Gasteiger partial charge in [-0.2, -0.15) is 0 Å². The first-order valence-electron chi connectivity index (χ1n) is 2.56. The van der Waals surface area contributed by atoms with Crippen molar-refractivity contribution >= 4 is 8.25 Å². The summed E-state index contributed by atoms with van der Waals surface area (Å²) in [7, 11) is -2.70. The van der Waals surface area contributed by atoms with E-state index in [-0.39, 0.29) is 6.10 Å². The molecule has 3 nitrogen and oxygen atoms in total. The third-order valence-corrected chi connectivity index (χ3v) is 1.48. The molecule has 0 aromatic rings. The van der Waals surface area contributed by atoms with E-state index in [2.05, 4.69) is 4.52 Å². The summed E-state index contributed by atoms with van der Waals surface area (Å²) in [5.41, 5.74) is 0. The molecule has 0 aliphatic heterocycles. The van der Waals surface area contributed by atoms with Gasteiger partial charge in [0.05, 0.1) is 6.10 Å². The van der Waals surface area contributed by atoms with Crippen LogP contribution >= 0.6 is 8.25 Å². The third kappa shape index (κ3) is 4.31. The molecular formula is C4H11O3P. The second-order valence-corrected chi connectivity index (χ2v) is 2.37. The predicted molar refractivity (Wildman–Crippen MR) is 32.1 cm³/mol. The van der Waals surface area contributed by atoms with Crippen molar-refractivity contribution in [1.82, 2.24) is 0 Å². The lowest BCUT2D eigenvalue weighted by molar-refractivity contribution is 0.202. The maximum absolute atomic E-state index is 9.93. The van der Waals surface area contributed by atoms with Gasteiger partial charge < -0.3 is 9.42 Å². The Morgan fingerprint density at radius 1 is 1.88 bits per heavy atom. The number of hydrogen-bond acceptors (Lipinski definition) is 2. The normalized spacial score (nSPS) is 17.9. The molecule has 0 saturated carbocycles. The van der Waals surface area contributed by atoms with E-state index < -0.39 is 8.25 Å². The molecule has 0 saturated heterocycles. The molecule has 0 fully saturated rings. The number of rotatable bonds is 3. The Morgan fingerprint density at radius 2 is 2.38 bits per heavy atom. The zero-order valence-electron chi connectivity index (χ0n) is 5.05. The first-order valence-corrected chi connectivity index (χ1v) is 3.82. The molecule has 0 amide bonds. The average molecular weight is 138 g/mol. The molecule has 0 aliphatic carbocycles. The minimum atomic E-state index is -2.70. The van der Waals surface area contributed by atoms with Crippen LogP contribution in [0, 0.1) is 0 Å². The van der Waals surface area contributed by atoms with Crippen LogP contribution < -0.4 is 0 Å². The van der Waals surface area contributed by atoms with Gasteiger partial charge in [0.1, 0.15) is 0 Å². The predicted octanol–water partition coefficient (Wildman–Crippen LogP) is 1.18. The zero-order chi connectivity index (χ0) is 6.57. The SMILES string of the molecule is CCC(C)O[PH](=O)O. The van der Waals surface area contributed by atoms with Crippen molar-refractivity contribution < 1.29 is 14.0 Å². The van der Waals surface area contributed by atoms with E-state index in [4.69, 9.17) is 4.89 Å². The second kappa shape index (κ2) is 4.07. The molecule has 0 rings (SSSR count). The van der Waals surface area contributed by atoms with E-state index in [0.717, 1.165) is 6.42 Å². The van der Waals surface area contributed by atoms with Gasteiger partial charge in [0.15, 0.2) is 0 Å². The summed E-state index contributed by atoms with van der Waals surface area (Å²) in [4.78, 5) is 8.18. The first kappa shape index (κ1) is 8.15. The van der Waals surface area contributed by atoms with Gasteiger partial charge in [0, 0.05) is 0 Å². The minimum absolute atomic E-state index is 0.0913. The highest BCUT2D eigenvalue weighted by atomic mass is 31.1. The molecule has 2 unspecified atom stereocenters. The maximum Gasteiger partial charge on any atom is 0.316 e. The van der Waals surface area contributed by atoms with Crippen LogP contribution in [-0.4, -0.2) is 11.0 Å². The summed E-state index contributed by atoms with van der Waals surface area (Å²) < 4.78 is 14.4. The third-order valence-electron chi connectivity index (χ3n) is 0.877. The smallest absolute Gasteiger partial charge is 0.316 e. The lowest BCUT2D eigenvalue weighted by Gasteiger charge is -2.04. The monoisotopic (exact) mass is 138 g/mol. The van der Waals surface area contributed by atoms with E-state index in [1.54, 1.807) is 6.92 Å². The quantitative estimate of drug-likeness (QED) is 0.595. The zero-order valence-corrected chi connectivity index (χ0v) is 6.05. The maximum atomic E-state index is 9.93. The minimum Gasteiger partial charge on any atom is -0.326 e. The van der Waals surface area contributed by atoms with E-state index in [9.17, 15) is 4.57 Å². The van der Waals surface area contributed by atoms with Crippen molar-refractivity contribution in [2.75, 3.05) is 0 Å². The molecule has 1 N–H and O–H groups in total. The number of hydrogen-bond donors (Lipinski definition) is 1. The van der Waals surface area contributed by atoms with Crippen molar-refractivity contribution in [2.45, 2.75) is 26.4 Å². The van der Waals surface area contributed by atoms with Crippen LogP contribution in [0.25, 0.3) is 0 Å². The largest absolute Gasteiger partial charge is 0.326 e. The van der Waals surface area contributed by atoms with Crippen molar-refractivity contribution in [3.63, 3.8) is 0 Å². The summed E-state index contributed by atoms with van der Waals surface area (Å²) in [6.45, 7) is 3.66. The van der Waals surface area contributed by atoms with Crippen molar-refractivity contribution in [3.05, 3.63) is 0 Å². The summed E-state index contributed by atoms with van der Waals surface area (Å²) in [6.07, 6.45) is 0.683. The first-order chi connectivity index (χ1) is 3.66. The fourth-order valence-electron chi connectivity index (χ4n) is 0.255. The Morgan fingerprint density at radius 3 is 2.50 bits per heavy atom. The van der Waals surface area contributed by atoms with E-state index in [1.807, 2.05) is 6.92 Å². The molecule has 0 radical (unpaired) electrons. The van der Waals surface area contributed by atoms with Gasteiger partial charge >= 0.3 is 8.25 Å². The van der Waals surface area contributed by atoms with Gasteiger partial charge in [-0.25, -0.2) is 0 Å². The summed E-state index contributed by atoms with van der Waals surface area (Å²) in [5.74, 6) is 0. The highest BCUT2D eigenvalue weighted by Crippen LogP contribution is 2.18. The highest BCUT2D eigenvalue weighted by molar-refractivity contribution is 7.32. The van der Waals surface area contributed by atoms with Crippen molar-refractivity contribution in [2.24, 2.45) is 0 Å². The molecule has 0 aliphatic rings. The Balaban J connectivity index is 3.24. The summed E-state index contributed by atoms with van der Waals surface area (Å²) >= 11 is 0. The van der Waals surface area contributed by atoms with E-state index in [1.165, 1.54) is 0 Å². The second-order valence-electron chi connectivity index (χ2n) is 1.60. The molecule has 0 aromatic carbocycles. The molecule has 0 heterocycles. The molecule has 0 spiro atoms. The molecule has 2 atom stereocenters. The average Bonchev–Trinajstić information content (AvgIpc) is 1.65. The molecule has 4 heteroatoms. The highest BCUT2D eigenvalue weighted by Gasteiger charge is 1.99. The van der Waals surface area contributed by atoms with Crippen LogP contribution in [0.1, 0.15) is 20.3 Å². The van der Waals surface area contributed by atoms with E-state index >= 15 is 0 Å². The standard InChI is InChI=1S/C4H11O3P/c1-3-4(2)7-8(5)6/h4,8H,3H2,1-2H3,(H,5,6). The molecule has 0 bridgehead atoms. The topological polar surface area (TPSA) is 46.5 Å². The van der Waals surface area contributed by atoms with Crippen LogP contribution in [0.5, 0.6) is 0 Å². The van der Waals surface area contributed by atoms with Crippen LogP contribution in [0.2, 0.25) is 0 Å². The van der Waals surface area contributed by atoms with Crippen LogP contribution in [0.3, 0.4) is 0 Å². The fraction of sp³-hybridized carbons (Fsp3) is 1.00. The van der Waals surface area contributed by atoms with Gasteiger partial charge in [-0.3, -0.25) is 4.57 Å². The Hall–Kier alpha value is 0.150. The van der Waals surface area contributed by atoms with Crippen molar-refractivity contribution in [3.8, 4) is 0 Å². The van der Waals surface area contributed by atoms with Gasteiger partial charge in [0.2, 0.25) is 0 Å². The van der Waals surface area contributed by atoms with E-state index in [0.29, 0.717) is 0 Å². The lowest BCUT2D eigenvalue weighted by atomic mass is 10.3. The van der Waals surface area contributed by atoms with Gasteiger partial charge in [0.25, 0.3) is 0 Å². The molecule has 0 aromatic heterocycles. The molecule has 50 valence electrons. The Kier molecular flexibility index (Phi) is 4.15. The molecular weight excluding hydrogens is 127 g/mol. The fourth-order valence-corrected chi connectivity index (χ4v) is 0.766. The van der Waals surface area contributed by atoms with Crippen LogP contribution in [0.15, 0.2) is 0 Å². The van der Waals surface area contributed by atoms with Crippen molar-refractivity contribution in [1.29, 1.82) is 0 Å². The molecule has 8 heavy (non-hydrogen) atoms. The Labute approximate surface area is 49.6 Å². The lowest BCUT2D eigenvalue weighted by Crippen LogP contribution is -1.98. The Bertz CT molecular complexity index is 83.4. The van der Waals surface area contributed by atoms with Crippen LogP contribution in [0.4, 0.5) is 0 Å².